The highest BCUT2D eigenvalue weighted by Gasteiger charge is 2.21. The summed E-state index contributed by atoms with van der Waals surface area (Å²) in [5.41, 5.74) is 8.94. The molecule has 8 heteroatoms. The van der Waals surface area contributed by atoms with Gasteiger partial charge in [-0.3, -0.25) is 14.9 Å². The van der Waals surface area contributed by atoms with Crippen LogP contribution in [-0.4, -0.2) is 26.6 Å². The van der Waals surface area contributed by atoms with Gasteiger partial charge in [0, 0.05) is 11.8 Å². The molecule has 7 nitrogen and oxygen atoms in total. The topological polar surface area (TPSA) is 103 Å². The molecule has 0 bridgehead atoms. The molecule has 2 amide bonds. The maximum absolute atomic E-state index is 13.0. The first-order valence-electron chi connectivity index (χ1n) is 8.81. The van der Waals surface area contributed by atoms with Crippen molar-refractivity contribution in [2.75, 3.05) is 5.32 Å². The van der Waals surface area contributed by atoms with Crippen LogP contribution in [0.15, 0.2) is 67.0 Å². The van der Waals surface area contributed by atoms with Crippen molar-refractivity contribution in [2.24, 2.45) is 5.73 Å². The zero-order valence-electron chi connectivity index (χ0n) is 15.5. The third-order valence-corrected chi connectivity index (χ3v) is 5.28. The molecule has 2 aromatic carbocycles. The molecular weight excluding hydrogens is 386 g/mol. The molecule has 0 atom stereocenters. The lowest BCUT2D eigenvalue weighted by Gasteiger charge is -2.05. The predicted molar refractivity (Wildman–Crippen MR) is 112 cm³/mol. The lowest BCUT2D eigenvalue weighted by molar-refractivity contribution is 0.100. The van der Waals surface area contributed by atoms with E-state index in [0.29, 0.717) is 16.4 Å². The van der Waals surface area contributed by atoms with Gasteiger partial charge in [-0.2, -0.15) is 5.10 Å². The second kappa shape index (κ2) is 7.69. The molecule has 0 spiro atoms. The van der Waals surface area contributed by atoms with Gasteiger partial charge in [-0.15, -0.1) is 0 Å². The number of carbonyl (C=O) groups is 2. The number of thiazole rings is 1. The van der Waals surface area contributed by atoms with Crippen molar-refractivity contribution in [1.29, 1.82) is 0 Å². The SMILES string of the molecule is Cc1ccccc1-c1nn(-c2ccccc2)cc1C(=O)Nc1ncc(C(N)=O)s1. The van der Waals surface area contributed by atoms with Gasteiger partial charge in [-0.05, 0) is 24.6 Å². The number of para-hydroxylation sites is 1. The lowest BCUT2D eigenvalue weighted by Crippen LogP contribution is -2.12. The van der Waals surface area contributed by atoms with Crippen molar-refractivity contribution in [3.05, 3.63) is 83.0 Å². The van der Waals surface area contributed by atoms with Gasteiger partial charge in [0.1, 0.15) is 10.6 Å². The van der Waals surface area contributed by atoms with Gasteiger partial charge in [0.25, 0.3) is 11.8 Å². The van der Waals surface area contributed by atoms with Gasteiger partial charge in [0.15, 0.2) is 5.13 Å². The number of rotatable bonds is 5. The van der Waals surface area contributed by atoms with Crippen molar-refractivity contribution in [3.8, 4) is 16.9 Å². The van der Waals surface area contributed by atoms with Gasteiger partial charge in [-0.1, -0.05) is 53.8 Å². The Morgan fingerprint density at radius 2 is 1.79 bits per heavy atom. The number of amides is 2. The number of benzene rings is 2. The number of carbonyl (C=O) groups excluding carboxylic acids is 2. The Labute approximate surface area is 170 Å². The van der Waals surface area contributed by atoms with Crippen LogP contribution in [0.25, 0.3) is 16.9 Å². The summed E-state index contributed by atoms with van der Waals surface area (Å²) in [5.74, 6) is -0.948. The van der Waals surface area contributed by atoms with Crippen molar-refractivity contribution in [1.82, 2.24) is 14.8 Å². The van der Waals surface area contributed by atoms with E-state index in [1.807, 2.05) is 61.5 Å². The Hall–Kier alpha value is -3.78. The van der Waals surface area contributed by atoms with Crippen molar-refractivity contribution in [3.63, 3.8) is 0 Å². The highest BCUT2D eigenvalue weighted by molar-refractivity contribution is 7.17. The predicted octanol–water partition coefficient (Wildman–Crippen LogP) is 3.66. The van der Waals surface area contributed by atoms with E-state index in [1.165, 1.54) is 6.20 Å². The number of aryl methyl sites for hydroxylation is 1. The Balaban J connectivity index is 1.76. The number of nitrogens with one attached hydrogen (secondary N) is 1. The molecule has 4 aromatic rings. The summed E-state index contributed by atoms with van der Waals surface area (Å²) in [6, 6.07) is 17.3. The van der Waals surface area contributed by atoms with E-state index in [1.54, 1.807) is 10.9 Å². The first-order chi connectivity index (χ1) is 14.0. The van der Waals surface area contributed by atoms with E-state index in [4.69, 9.17) is 5.73 Å². The smallest absolute Gasteiger partial charge is 0.261 e. The largest absolute Gasteiger partial charge is 0.365 e. The zero-order valence-corrected chi connectivity index (χ0v) is 16.3. The molecule has 0 saturated carbocycles. The van der Waals surface area contributed by atoms with E-state index in [0.717, 1.165) is 28.2 Å². The van der Waals surface area contributed by atoms with Crippen molar-refractivity contribution >= 4 is 28.3 Å². The molecule has 0 unspecified atom stereocenters. The standard InChI is InChI=1S/C21H17N5O2S/c1-13-7-5-6-10-15(13)18-16(12-26(25-18)14-8-3-2-4-9-14)20(28)24-21-23-11-17(29-21)19(22)27/h2-12H,1H3,(H2,22,27)(H,23,24,28). The molecule has 0 aliphatic rings. The maximum atomic E-state index is 13.0. The highest BCUT2D eigenvalue weighted by atomic mass is 32.1. The van der Waals surface area contributed by atoms with E-state index >= 15 is 0 Å². The Kier molecular flexibility index (Phi) is 4.92. The quantitative estimate of drug-likeness (QED) is 0.531. The van der Waals surface area contributed by atoms with Gasteiger partial charge in [0.2, 0.25) is 0 Å². The molecule has 0 fully saturated rings. The van der Waals surface area contributed by atoms with E-state index in [9.17, 15) is 9.59 Å². The fraction of sp³-hybridized carbons (Fsp3) is 0.0476. The molecule has 0 radical (unpaired) electrons. The Bertz CT molecular complexity index is 1200. The van der Waals surface area contributed by atoms with Crippen LogP contribution < -0.4 is 11.1 Å². The van der Waals surface area contributed by atoms with E-state index < -0.39 is 5.91 Å². The average Bonchev–Trinajstić information content (AvgIpc) is 3.36. The second-order valence-electron chi connectivity index (χ2n) is 6.33. The Morgan fingerprint density at radius 1 is 1.07 bits per heavy atom. The number of anilines is 1. The van der Waals surface area contributed by atoms with Crippen LogP contribution >= 0.6 is 11.3 Å². The summed E-state index contributed by atoms with van der Waals surface area (Å²) in [7, 11) is 0. The summed E-state index contributed by atoms with van der Waals surface area (Å²) >= 11 is 1.03. The van der Waals surface area contributed by atoms with Crippen molar-refractivity contribution < 1.29 is 9.59 Å². The maximum Gasteiger partial charge on any atom is 0.261 e. The van der Waals surface area contributed by atoms with Gasteiger partial charge < -0.3 is 5.73 Å². The first kappa shape index (κ1) is 18.6. The average molecular weight is 403 g/mol. The fourth-order valence-electron chi connectivity index (χ4n) is 2.90. The van der Waals surface area contributed by atoms with Crippen LogP contribution in [0.2, 0.25) is 0 Å². The van der Waals surface area contributed by atoms with Gasteiger partial charge in [-0.25, -0.2) is 9.67 Å². The van der Waals surface area contributed by atoms with Crippen LogP contribution in [0.3, 0.4) is 0 Å². The molecule has 144 valence electrons. The summed E-state index contributed by atoms with van der Waals surface area (Å²) in [6.45, 7) is 1.97. The molecular formula is C21H17N5O2S. The van der Waals surface area contributed by atoms with Crippen LogP contribution in [0.5, 0.6) is 0 Å². The number of nitrogens with zero attached hydrogens (tertiary/aromatic N) is 3. The van der Waals surface area contributed by atoms with Crippen molar-refractivity contribution in [2.45, 2.75) is 6.92 Å². The minimum Gasteiger partial charge on any atom is -0.365 e. The van der Waals surface area contributed by atoms with Crippen LogP contribution in [-0.2, 0) is 0 Å². The van der Waals surface area contributed by atoms with Crippen LogP contribution in [0.4, 0.5) is 5.13 Å². The third-order valence-electron chi connectivity index (χ3n) is 4.35. The molecule has 29 heavy (non-hydrogen) atoms. The number of hydrogen-bond donors (Lipinski definition) is 2. The normalized spacial score (nSPS) is 10.7. The molecule has 3 N–H and O–H groups in total. The fourth-order valence-corrected chi connectivity index (χ4v) is 3.56. The van der Waals surface area contributed by atoms with Crippen LogP contribution in [0.1, 0.15) is 25.6 Å². The number of nitrogens with two attached hydrogens (primary N) is 1. The monoisotopic (exact) mass is 403 g/mol. The second-order valence-corrected chi connectivity index (χ2v) is 7.37. The van der Waals surface area contributed by atoms with Gasteiger partial charge >= 0.3 is 0 Å². The Morgan fingerprint density at radius 3 is 2.48 bits per heavy atom. The summed E-state index contributed by atoms with van der Waals surface area (Å²) < 4.78 is 1.67. The molecule has 4 rings (SSSR count). The molecule has 0 aliphatic carbocycles. The number of hydrogen-bond acceptors (Lipinski definition) is 5. The van der Waals surface area contributed by atoms with Gasteiger partial charge in [0.05, 0.1) is 17.4 Å². The summed E-state index contributed by atoms with van der Waals surface area (Å²) in [6.07, 6.45) is 3.04. The number of aromatic nitrogens is 3. The lowest BCUT2D eigenvalue weighted by atomic mass is 10.0. The van der Waals surface area contributed by atoms with Crippen LogP contribution in [0, 0.1) is 6.92 Å². The van der Waals surface area contributed by atoms with E-state index in [2.05, 4.69) is 15.4 Å². The first-order valence-corrected chi connectivity index (χ1v) is 9.62. The molecule has 2 heterocycles. The minimum absolute atomic E-state index is 0.277. The zero-order chi connectivity index (χ0) is 20.4. The molecule has 2 aromatic heterocycles. The van der Waals surface area contributed by atoms with E-state index in [-0.39, 0.29) is 10.8 Å². The summed E-state index contributed by atoms with van der Waals surface area (Å²) in [5, 5.41) is 7.71. The number of primary amides is 1. The summed E-state index contributed by atoms with van der Waals surface area (Å²) in [4.78, 5) is 28.6. The minimum atomic E-state index is -0.583. The molecule has 0 aliphatic heterocycles. The molecule has 0 saturated heterocycles. The highest BCUT2D eigenvalue weighted by Crippen LogP contribution is 2.28. The third kappa shape index (κ3) is 3.78.